The highest BCUT2D eigenvalue weighted by Gasteiger charge is 2.15. The Hall–Kier alpha value is -0.510. The molecule has 1 nitrogen and oxygen atoms in total. The summed E-state index contributed by atoms with van der Waals surface area (Å²) in [5, 5.41) is -0.107. The Morgan fingerprint density at radius 3 is 2.44 bits per heavy atom. The molecule has 0 aliphatic rings. The Morgan fingerprint density at radius 1 is 1.22 bits per heavy atom. The van der Waals surface area contributed by atoms with Gasteiger partial charge in [0.15, 0.2) is 0 Å². The third-order valence-electron chi connectivity index (χ3n) is 2.84. The van der Waals surface area contributed by atoms with Gasteiger partial charge in [-0.1, -0.05) is 12.1 Å². The van der Waals surface area contributed by atoms with Crippen LogP contribution in [0.3, 0.4) is 0 Å². The van der Waals surface area contributed by atoms with Crippen LogP contribution in [0.1, 0.15) is 26.9 Å². The van der Waals surface area contributed by atoms with Gasteiger partial charge in [-0.2, -0.15) is 0 Å². The van der Waals surface area contributed by atoms with Crippen LogP contribution in [-0.4, -0.2) is 7.11 Å². The van der Waals surface area contributed by atoms with E-state index in [4.69, 9.17) is 16.3 Å². The van der Waals surface area contributed by atoms with E-state index >= 15 is 0 Å². The van der Waals surface area contributed by atoms with E-state index in [2.05, 4.69) is 35.0 Å². The molecule has 1 unspecified atom stereocenters. The molecule has 0 bridgehead atoms. The quantitative estimate of drug-likeness (QED) is 0.671. The van der Waals surface area contributed by atoms with Crippen molar-refractivity contribution in [2.45, 2.75) is 19.2 Å². The molecule has 0 fully saturated rings. The van der Waals surface area contributed by atoms with E-state index in [0.717, 1.165) is 25.5 Å². The maximum Gasteiger partial charge on any atom is 0.121 e. The van der Waals surface area contributed by atoms with Crippen LogP contribution >= 0.6 is 38.9 Å². The van der Waals surface area contributed by atoms with Crippen molar-refractivity contribution < 1.29 is 4.74 Å². The first-order valence-corrected chi connectivity index (χ1v) is 7.62. The predicted molar refractivity (Wildman–Crippen MR) is 82.2 cm³/mol. The molecular formula is C14H14BrClOS. The van der Waals surface area contributed by atoms with Gasteiger partial charge in [0.25, 0.3) is 0 Å². The van der Waals surface area contributed by atoms with Crippen LogP contribution in [0.2, 0.25) is 0 Å². The first-order chi connectivity index (χ1) is 8.52. The first kappa shape index (κ1) is 13.9. The summed E-state index contributed by atoms with van der Waals surface area (Å²) in [6.45, 7) is 4.11. The lowest BCUT2D eigenvalue weighted by atomic mass is 10.1. The zero-order chi connectivity index (χ0) is 13.3. The average Bonchev–Trinajstić information content (AvgIpc) is 2.68. The average molecular weight is 346 g/mol. The number of alkyl halides is 1. The Labute approximate surface area is 125 Å². The van der Waals surface area contributed by atoms with Gasteiger partial charge in [-0.05, 0) is 58.6 Å². The summed E-state index contributed by atoms with van der Waals surface area (Å²) in [5.41, 5.74) is 3.43. The molecule has 0 spiro atoms. The molecule has 0 saturated carbocycles. The molecule has 0 aliphatic heterocycles. The van der Waals surface area contributed by atoms with Gasteiger partial charge in [-0.15, -0.1) is 22.9 Å². The highest BCUT2D eigenvalue weighted by atomic mass is 79.9. The van der Waals surface area contributed by atoms with Crippen LogP contribution in [0.15, 0.2) is 28.1 Å². The van der Waals surface area contributed by atoms with Crippen molar-refractivity contribution in [2.24, 2.45) is 0 Å². The fourth-order valence-electron chi connectivity index (χ4n) is 1.83. The molecular weight excluding hydrogens is 332 g/mol. The van der Waals surface area contributed by atoms with E-state index < -0.39 is 0 Å². The first-order valence-electron chi connectivity index (χ1n) is 5.57. The number of halogens is 2. The maximum absolute atomic E-state index is 6.53. The maximum atomic E-state index is 6.53. The number of hydrogen-bond acceptors (Lipinski definition) is 2. The largest absolute Gasteiger partial charge is 0.496 e. The molecule has 2 rings (SSSR count). The van der Waals surface area contributed by atoms with Crippen molar-refractivity contribution >= 4 is 38.9 Å². The molecule has 2 aromatic rings. The zero-order valence-electron chi connectivity index (χ0n) is 10.5. The van der Waals surface area contributed by atoms with Crippen LogP contribution in [0.5, 0.6) is 5.75 Å². The minimum atomic E-state index is -0.107. The van der Waals surface area contributed by atoms with E-state index in [1.807, 2.05) is 19.1 Å². The van der Waals surface area contributed by atoms with Crippen molar-refractivity contribution in [3.8, 4) is 5.75 Å². The Balaban J connectivity index is 2.33. The van der Waals surface area contributed by atoms with E-state index in [9.17, 15) is 0 Å². The zero-order valence-corrected chi connectivity index (χ0v) is 13.6. The minimum absolute atomic E-state index is 0.107. The van der Waals surface area contributed by atoms with E-state index in [1.165, 1.54) is 5.56 Å². The molecule has 4 heteroatoms. The van der Waals surface area contributed by atoms with Gasteiger partial charge < -0.3 is 4.74 Å². The smallest absolute Gasteiger partial charge is 0.121 e. The second kappa shape index (κ2) is 5.64. The molecule has 1 aromatic heterocycles. The van der Waals surface area contributed by atoms with E-state index in [1.54, 1.807) is 18.4 Å². The molecule has 1 heterocycles. The number of methoxy groups -OCH3 is 1. The summed E-state index contributed by atoms with van der Waals surface area (Å²) >= 11 is 11.8. The summed E-state index contributed by atoms with van der Waals surface area (Å²) in [6.07, 6.45) is 0. The highest BCUT2D eigenvalue weighted by molar-refractivity contribution is 9.11. The van der Waals surface area contributed by atoms with Crippen molar-refractivity contribution in [1.29, 1.82) is 0 Å². The van der Waals surface area contributed by atoms with Crippen LogP contribution in [0.25, 0.3) is 0 Å². The molecule has 96 valence electrons. The molecule has 0 N–H and O–H groups in total. The van der Waals surface area contributed by atoms with Crippen LogP contribution in [0, 0.1) is 13.8 Å². The lowest BCUT2D eigenvalue weighted by Gasteiger charge is -2.11. The van der Waals surface area contributed by atoms with Crippen molar-refractivity contribution in [3.63, 3.8) is 0 Å². The van der Waals surface area contributed by atoms with E-state index in [-0.39, 0.29) is 5.38 Å². The van der Waals surface area contributed by atoms with Gasteiger partial charge in [0, 0.05) is 4.88 Å². The summed E-state index contributed by atoms with van der Waals surface area (Å²) in [6, 6.07) is 8.20. The number of thiophene rings is 1. The number of rotatable bonds is 3. The van der Waals surface area contributed by atoms with Crippen molar-refractivity contribution in [3.05, 3.63) is 49.6 Å². The SMILES string of the molecule is COc1ccc(C(Cl)c2cc(C)c(Br)s2)cc1C. The van der Waals surface area contributed by atoms with Crippen molar-refractivity contribution in [2.75, 3.05) is 7.11 Å². The third-order valence-corrected chi connectivity index (χ3v) is 5.66. The summed E-state index contributed by atoms with van der Waals surface area (Å²) in [7, 11) is 1.68. The van der Waals surface area contributed by atoms with Gasteiger partial charge in [-0.3, -0.25) is 0 Å². The fraction of sp³-hybridized carbons (Fsp3) is 0.286. The highest BCUT2D eigenvalue weighted by Crippen LogP contribution is 2.38. The lowest BCUT2D eigenvalue weighted by Crippen LogP contribution is -1.93. The van der Waals surface area contributed by atoms with Gasteiger partial charge in [0.2, 0.25) is 0 Å². The number of ether oxygens (including phenoxy) is 1. The van der Waals surface area contributed by atoms with Gasteiger partial charge in [-0.25, -0.2) is 0 Å². The second-order valence-electron chi connectivity index (χ2n) is 4.20. The standard InChI is InChI=1S/C14H14BrClOS/c1-8-6-10(4-5-11(8)17-3)13(16)12-7-9(2)14(15)18-12/h4-7,13H,1-3H3. The van der Waals surface area contributed by atoms with Crippen LogP contribution in [0.4, 0.5) is 0 Å². The summed E-state index contributed by atoms with van der Waals surface area (Å²) < 4.78 is 6.41. The molecule has 0 radical (unpaired) electrons. The van der Waals surface area contributed by atoms with Gasteiger partial charge >= 0.3 is 0 Å². The van der Waals surface area contributed by atoms with Gasteiger partial charge in [0.05, 0.1) is 16.3 Å². The topological polar surface area (TPSA) is 9.23 Å². The molecule has 1 atom stereocenters. The molecule has 0 aliphatic carbocycles. The van der Waals surface area contributed by atoms with Crippen LogP contribution in [-0.2, 0) is 0 Å². The van der Waals surface area contributed by atoms with Crippen LogP contribution < -0.4 is 4.74 Å². The summed E-state index contributed by atoms with van der Waals surface area (Å²) in [4.78, 5) is 1.16. The molecule has 1 aromatic carbocycles. The molecule has 18 heavy (non-hydrogen) atoms. The number of hydrogen-bond donors (Lipinski definition) is 0. The number of aryl methyl sites for hydroxylation is 2. The second-order valence-corrected chi connectivity index (χ2v) is 7.04. The Morgan fingerprint density at radius 2 is 1.94 bits per heavy atom. The Bertz CT molecular complexity index is 545. The lowest BCUT2D eigenvalue weighted by molar-refractivity contribution is 0.411. The summed E-state index contributed by atoms with van der Waals surface area (Å²) in [5.74, 6) is 0.895. The molecule has 0 saturated heterocycles. The fourth-order valence-corrected chi connectivity index (χ4v) is 3.74. The predicted octanol–water partition coefficient (Wildman–Crippen LogP) is 5.46. The molecule has 0 amide bonds. The van der Waals surface area contributed by atoms with Gasteiger partial charge in [0.1, 0.15) is 5.75 Å². The monoisotopic (exact) mass is 344 g/mol. The third kappa shape index (κ3) is 2.73. The Kier molecular flexibility index (Phi) is 4.36. The van der Waals surface area contributed by atoms with E-state index in [0.29, 0.717) is 0 Å². The normalized spacial score (nSPS) is 12.5. The number of benzene rings is 1. The minimum Gasteiger partial charge on any atom is -0.496 e. The van der Waals surface area contributed by atoms with Crippen molar-refractivity contribution in [1.82, 2.24) is 0 Å².